The molecular weight excluding hydrogens is 647 g/mol. The Balaban J connectivity index is 1.15. The Morgan fingerprint density at radius 1 is 0.302 bits per heavy atom. The minimum atomic E-state index is 0.603. The first-order chi connectivity index (χ1) is 26.3. The van der Waals surface area contributed by atoms with Gasteiger partial charge in [0.1, 0.15) is 11.2 Å². The highest BCUT2D eigenvalue weighted by molar-refractivity contribution is 6.26. The normalized spacial score (nSPS) is 11.8. The van der Waals surface area contributed by atoms with E-state index in [9.17, 15) is 0 Å². The van der Waals surface area contributed by atoms with Crippen molar-refractivity contribution in [2.75, 3.05) is 0 Å². The minimum Gasteiger partial charge on any atom is -0.456 e. The van der Waals surface area contributed by atoms with E-state index in [1.54, 1.807) is 0 Å². The van der Waals surface area contributed by atoms with E-state index in [2.05, 4.69) is 115 Å². The largest absolute Gasteiger partial charge is 0.456 e. The van der Waals surface area contributed by atoms with Crippen LogP contribution < -0.4 is 0 Å². The first-order valence-corrected chi connectivity index (χ1v) is 17.9. The molecule has 0 N–H and O–H groups in total. The monoisotopic (exact) mass is 675 g/mol. The number of para-hydroxylation sites is 1. The third kappa shape index (κ3) is 4.73. The zero-order valence-electron chi connectivity index (χ0n) is 28.5. The van der Waals surface area contributed by atoms with Gasteiger partial charge in [-0.1, -0.05) is 152 Å². The maximum atomic E-state index is 6.25. The fourth-order valence-electron chi connectivity index (χ4n) is 8.05. The van der Waals surface area contributed by atoms with Crippen molar-refractivity contribution in [3.63, 3.8) is 0 Å². The molecule has 0 saturated carbocycles. The zero-order chi connectivity index (χ0) is 34.9. The molecule has 11 aromatic rings. The third-order valence-electron chi connectivity index (χ3n) is 10.5. The summed E-state index contributed by atoms with van der Waals surface area (Å²) in [5.74, 6) is 1.84. The first-order valence-electron chi connectivity index (χ1n) is 17.9. The number of fused-ring (bicyclic) bond motifs is 10. The zero-order valence-corrected chi connectivity index (χ0v) is 28.5. The number of hydrogen-bond acceptors (Lipinski definition) is 4. The van der Waals surface area contributed by atoms with Gasteiger partial charge in [0.2, 0.25) is 0 Å². The summed E-state index contributed by atoms with van der Waals surface area (Å²) in [6.07, 6.45) is 0. The fraction of sp³-hybridized carbons (Fsp3) is 0. The van der Waals surface area contributed by atoms with Crippen molar-refractivity contribution in [3.8, 4) is 45.3 Å². The summed E-state index contributed by atoms with van der Waals surface area (Å²) in [5.41, 5.74) is 6.66. The predicted molar refractivity (Wildman–Crippen MR) is 219 cm³/mol. The lowest BCUT2D eigenvalue weighted by molar-refractivity contribution is 0.669. The second-order valence-corrected chi connectivity index (χ2v) is 13.5. The summed E-state index contributed by atoms with van der Waals surface area (Å²) in [7, 11) is 0. The van der Waals surface area contributed by atoms with Gasteiger partial charge in [0, 0.05) is 27.5 Å². The number of benzene rings is 9. The van der Waals surface area contributed by atoms with Crippen LogP contribution in [0.15, 0.2) is 180 Å². The van der Waals surface area contributed by atoms with E-state index in [1.807, 2.05) is 60.7 Å². The van der Waals surface area contributed by atoms with Crippen molar-refractivity contribution >= 4 is 65.0 Å². The molecule has 0 aliphatic heterocycles. The number of furan rings is 1. The molecule has 0 bridgehead atoms. The minimum absolute atomic E-state index is 0.603. The van der Waals surface area contributed by atoms with E-state index in [4.69, 9.17) is 19.4 Å². The van der Waals surface area contributed by atoms with Crippen molar-refractivity contribution in [1.29, 1.82) is 0 Å². The lowest BCUT2D eigenvalue weighted by atomic mass is 9.89. The van der Waals surface area contributed by atoms with Crippen LogP contribution in [0.25, 0.3) is 110 Å². The van der Waals surface area contributed by atoms with Crippen LogP contribution in [-0.4, -0.2) is 15.0 Å². The van der Waals surface area contributed by atoms with Gasteiger partial charge in [0.25, 0.3) is 0 Å². The van der Waals surface area contributed by atoms with Gasteiger partial charge in [-0.15, -0.1) is 0 Å². The maximum absolute atomic E-state index is 6.25. The molecule has 0 spiro atoms. The van der Waals surface area contributed by atoms with Crippen LogP contribution in [-0.2, 0) is 0 Å². The summed E-state index contributed by atoms with van der Waals surface area (Å²) in [4.78, 5) is 15.4. The summed E-state index contributed by atoms with van der Waals surface area (Å²) in [6.45, 7) is 0. The molecule has 0 aliphatic rings. The van der Waals surface area contributed by atoms with Gasteiger partial charge in [-0.2, -0.15) is 0 Å². The van der Waals surface area contributed by atoms with Crippen LogP contribution in [0.2, 0.25) is 0 Å². The first kappa shape index (κ1) is 29.5. The molecule has 0 aliphatic carbocycles. The molecule has 11 rings (SSSR count). The second-order valence-electron chi connectivity index (χ2n) is 13.5. The quantitative estimate of drug-likeness (QED) is 0.174. The topological polar surface area (TPSA) is 51.8 Å². The van der Waals surface area contributed by atoms with Crippen molar-refractivity contribution in [1.82, 2.24) is 15.0 Å². The molecule has 4 nitrogen and oxygen atoms in total. The predicted octanol–water partition coefficient (Wildman–Crippen LogP) is 13.1. The van der Waals surface area contributed by atoms with Gasteiger partial charge in [0.05, 0.1) is 0 Å². The van der Waals surface area contributed by atoms with E-state index in [0.717, 1.165) is 44.2 Å². The Labute approximate surface area is 304 Å². The summed E-state index contributed by atoms with van der Waals surface area (Å²) in [5, 5.41) is 12.0. The van der Waals surface area contributed by atoms with Crippen LogP contribution in [0.3, 0.4) is 0 Å². The van der Waals surface area contributed by atoms with Crippen LogP contribution in [0.5, 0.6) is 0 Å². The van der Waals surface area contributed by atoms with Gasteiger partial charge in [0.15, 0.2) is 17.5 Å². The van der Waals surface area contributed by atoms with Gasteiger partial charge >= 0.3 is 0 Å². The average Bonchev–Trinajstić information content (AvgIpc) is 3.62. The van der Waals surface area contributed by atoms with E-state index >= 15 is 0 Å². The number of nitrogens with zero attached hydrogens (tertiary/aromatic N) is 3. The van der Waals surface area contributed by atoms with Gasteiger partial charge in [-0.05, 0) is 78.5 Å². The second kappa shape index (κ2) is 11.7. The Bertz CT molecular complexity index is 3240. The standard InChI is InChI=1S/C49H29N3O/c1-2-13-32(14-3-1)47-50-48(52-49(51-47)40-21-11-23-44-46(40)39-20-8-9-22-43(39)53-44)34-16-10-15-33(28-34)41-29-42-38(36-18-6-7-19-37(36)41)27-26-31-25-24-30-12-4-5-17-35(30)45(31)42/h1-29H. The molecule has 0 saturated heterocycles. The van der Waals surface area contributed by atoms with Crippen LogP contribution in [0, 0.1) is 0 Å². The molecule has 0 atom stereocenters. The molecule has 4 heteroatoms. The summed E-state index contributed by atoms with van der Waals surface area (Å²) >= 11 is 0. The molecular formula is C49H29N3O. The lowest BCUT2D eigenvalue weighted by Gasteiger charge is -2.15. The van der Waals surface area contributed by atoms with Crippen molar-refractivity contribution < 1.29 is 4.42 Å². The Kier molecular flexibility index (Phi) is 6.52. The van der Waals surface area contributed by atoms with Gasteiger partial charge in [-0.3, -0.25) is 0 Å². The van der Waals surface area contributed by atoms with Crippen molar-refractivity contribution in [2.24, 2.45) is 0 Å². The van der Waals surface area contributed by atoms with E-state index < -0.39 is 0 Å². The molecule has 0 fully saturated rings. The highest BCUT2D eigenvalue weighted by Crippen LogP contribution is 2.41. The van der Waals surface area contributed by atoms with Crippen molar-refractivity contribution in [3.05, 3.63) is 176 Å². The molecule has 9 aromatic carbocycles. The average molecular weight is 676 g/mol. The smallest absolute Gasteiger partial charge is 0.164 e. The Hall–Kier alpha value is -7.17. The highest BCUT2D eigenvalue weighted by atomic mass is 16.3. The molecule has 2 heterocycles. The SMILES string of the molecule is c1ccc(-c2nc(-c3cccc(-c4cc5c(ccc6ccc7ccccc7c65)c5ccccc45)c3)nc(-c3cccc4oc5ccccc5c34)n2)cc1. The van der Waals surface area contributed by atoms with E-state index in [-0.39, 0.29) is 0 Å². The Morgan fingerprint density at radius 3 is 1.79 bits per heavy atom. The molecule has 2 aromatic heterocycles. The van der Waals surface area contributed by atoms with Crippen molar-refractivity contribution in [2.45, 2.75) is 0 Å². The highest BCUT2D eigenvalue weighted by Gasteiger charge is 2.19. The van der Waals surface area contributed by atoms with Gasteiger partial charge < -0.3 is 4.42 Å². The maximum Gasteiger partial charge on any atom is 0.164 e. The van der Waals surface area contributed by atoms with E-state index in [0.29, 0.717) is 17.5 Å². The summed E-state index contributed by atoms with van der Waals surface area (Å²) < 4.78 is 6.25. The molecule has 0 radical (unpaired) electrons. The summed E-state index contributed by atoms with van der Waals surface area (Å²) in [6, 6.07) is 61.7. The van der Waals surface area contributed by atoms with Crippen LogP contribution in [0.1, 0.15) is 0 Å². The van der Waals surface area contributed by atoms with Gasteiger partial charge in [-0.25, -0.2) is 15.0 Å². The van der Waals surface area contributed by atoms with Crippen LogP contribution >= 0.6 is 0 Å². The lowest BCUT2D eigenvalue weighted by Crippen LogP contribution is -2.00. The number of rotatable bonds is 4. The third-order valence-corrected chi connectivity index (χ3v) is 10.5. The number of aromatic nitrogens is 3. The molecule has 0 amide bonds. The van der Waals surface area contributed by atoms with E-state index in [1.165, 1.54) is 48.7 Å². The fourth-order valence-corrected chi connectivity index (χ4v) is 8.05. The number of hydrogen-bond donors (Lipinski definition) is 0. The molecule has 0 unspecified atom stereocenters. The molecule has 53 heavy (non-hydrogen) atoms. The Morgan fingerprint density at radius 2 is 0.906 bits per heavy atom. The molecule has 246 valence electrons. The van der Waals surface area contributed by atoms with Crippen LogP contribution in [0.4, 0.5) is 0 Å².